The quantitative estimate of drug-likeness (QED) is 0.457. The molecule has 1 unspecified atom stereocenters. The van der Waals surface area contributed by atoms with Crippen LogP contribution < -0.4 is 11.1 Å². The van der Waals surface area contributed by atoms with Crippen molar-refractivity contribution >= 4 is 16.9 Å². The minimum Gasteiger partial charge on any atom is -0.396 e. The first-order valence-corrected chi connectivity index (χ1v) is 6.60. The van der Waals surface area contributed by atoms with Crippen molar-refractivity contribution in [3.63, 3.8) is 0 Å². The van der Waals surface area contributed by atoms with Gasteiger partial charge in [0.1, 0.15) is 11.8 Å². The number of nitrogens with zero attached hydrogens (tertiary/aromatic N) is 3. The van der Waals surface area contributed by atoms with E-state index in [1.807, 2.05) is 6.92 Å². The Morgan fingerprint density at radius 3 is 2.90 bits per heavy atom. The van der Waals surface area contributed by atoms with Crippen LogP contribution in [0.25, 0.3) is 11.0 Å². The second kappa shape index (κ2) is 6.60. The first-order valence-electron chi connectivity index (χ1n) is 6.60. The monoisotopic (exact) mass is 280 g/mol. The lowest BCUT2D eigenvalue weighted by molar-refractivity contribution is 0.0641. The van der Waals surface area contributed by atoms with Crippen LogP contribution in [0.1, 0.15) is 19.0 Å². The van der Waals surface area contributed by atoms with Crippen LogP contribution in [0.15, 0.2) is 6.33 Å². The summed E-state index contributed by atoms with van der Waals surface area (Å²) in [5.74, 6) is 0.154. The minimum atomic E-state index is -0.510. The molecule has 110 valence electrons. The molecule has 6 N–H and O–H groups in total. The molecular formula is C12H20N6O2. The molecule has 0 bridgehead atoms. The lowest BCUT2D eigenvalue weighted by atomic mass is 10.0. The number of nitrogen functional groups attached to an aromatic ring is 1. The molecule has 2 aromatic rings. The first kappa shape index (κ1) is 14.6. The lowest BCUT2D eigenvalue weighted by Gasteiger charge is -2.19. The third-order valence-corrected chi connectivity index (χ3v) is 3.34. The van der Waals surface area contributed by atoms with Crippen molar-refractivity contribution in [3.05, 3.63) is 12.0 Å². The number of hydrogen-bond donors (Lipinski definition) is 5. The molecule has 8 nitrogen and oxygen atoms in total. The Balaban J connectivity index is 1.98. The number of nitrogens with two attached hydrogens (primary N) is 1. The standard InChI is InChI=1S/C12H20N6O2/c1-2-9(20)7(5-19)3-14-4-8-10-11(18-17-8)12(13)16-6-15-10/h6-7,9,14,19-20H,2-5H2,1H3,(H,17,18)(H2,13,15,16)/t7-,9?/m1/s1. The number of aliphatic hydroxyl groups is 2. The summed E-state index contributed by atoms with van der Waals surface area (Å²) in [4.78, 5) is 8.02. The van der Waals surface area contributed by atoms with Gasteiger partial charge in [0, 0.05) is 25.6 Å². The van der Waals surface area contributed by atoms with Gasteiger partial charge in [-0.15, -0.1) is 0 Å². The van der Waals surface area contributed by atoms with Crippen LogP contribution in [0.2, 0.25) is 0 Å². The number of aromatic nitrogens is 4. The van der Waals surface area contributed by atoms with Crippen LogP contribution in [0, 0.1) is 5.92 Å². The predicted octanol–water partition coefficient (Wildman–Crippen LogP) is -0.596. The Kier molecular flexibility index (Phi) is 4.83. The van der Waals surface area contributed by atoms with Crippen molar-refractivity contribution in [1.29, 1.82) is 0 Å². The van der Waals surface area contributed by atoms with Gasteiger partial charge >= 0.3 is 0 Å². The van der Waals surface area contributed by atoms with Crippen molar-refractivity contribution in [2.45, 2.75) is 26.0 Å². The van der Waals surface area contributed by atoms with E-state index in [0.717, 1.165) is 5.69 Å². The number of rotatable bonds is 7. The zero-order chi connectivity index (χ0) is 14.5. The van der Waals surface area contributed by atoms with Crippen molar-refractivity contribution in [2.24, 2.45) is 5.92 Å². The number of fused-ring (bicyclic) bond motifs is 1. The summed E-state index contributed by atoms with van der Waals surface area (Å²) < 4.78 is 0. The maximum atomic E-state index is 9.73. The maximum Gasteiger partial charge on any atom is 0.155 e. The van der Waals surface area contributed by atoms with Crippen molar-refractivity contribution in [3.8, 4) is 0 Å². The molecule has 2 heterocycles. The van der Waals surface area contributed by atoms with Crippen molar-refractivity contribution in [1.82, 2.24) is 25.5 Å². The second-order valence-electron chi connectivity index (χ2n) is 4.71. The predicted molar refractivity (Wildman–Crippen MR) is 74.7 cm³/mol. The van der Waals surface area contributed by atoms with Gasteiger partial charge in [0.15, 0.2) is 11.3 Å². The molecule has 0 saturated heterocycles. The number of anilines is 1. The van der Waals surface area contributed by atoms with E-state index in [1.165, 1.54) is 6.33 Å². The molecule has 0 radical (unpaired) electrons. The molecule has 8 heteroatoms. The van der Waals surface area contributed by atoms with Crippen LogP contribution in [-0.2, 0) is 6.54 Å². The van der Waals surface area contributed by atoms with E-state index < -0.39 is 6.10 Å². The van der Waals surface area contributed by atoms with E-state index >= 15 is 0 Å². The van der Waals surface area contributed by atoms with Gasteiger partial charge < -0.3 is 21.3 Å². The summed E-state index contributed by atoms with van der Waals surface area (Å²) in [7, 11) is 0. The third kappa shape index (κ3) is 3.03. The number of H-pyrrole nitrogens is 1. The van der Waals surface area contributed by atoms with Crippen molar-refractivity contribution in [2.75, 3.05) is 18.9 Å². The Hall–Kier alpha value is -1.77. The molecule has 2 aromatic heterocycles. The van der Waals surface area contributed by atoms with E-state index in [-0.39, 0.29) is 12.5 Å². The highest BCUT2D eigenvalue weighted by Crippen LogP contribution is 2.16. The molecule has 0 aliphatic carbocycles. The lowest BCUT2D eigenvalue weighted by Crippen LogP contribution is -2.33. The molecule has 0 spiro atoms. The average Bonchev–Trinajstić information content (AvgIpc) is 2.87. The molecule has 20 heavy (non-hydrogen) atoms. The highest BCUT2D eigenvalue weighted by Gasteiger charge is 2.16. The fourth-order valence-corrected chi connectivity index (χ4v) is 2.06. The molecule has 0 fully saturated rings. The largest absolute Gasteiger partial charge is 0.396 e. The SMILES string of the molecule is CCC(O)[C@@H](CO)CNCc1[nH]nc2c(N)ncnc12. The van der Waals surface area contributed by atoms with Crippen LogP contribution in [-0.4, -0.2) is 49.6 Å². The fraction of sp³-hybridized carbons (Fsp3) is 0.583. The Morgan fingerprint density at radius 1 is 1.40 bits per heavy atom. The van der Waals surface area contributed by atoms with Crippen molar-refractivity contribution < 1.29 is 10.2 Å². The van der Waals surface area contributed by atoms with Gasteiger partial charge in [0.2, 0.25) is 0 Å². The van der Waals surface area contributed by atoms with E-state index in [1.54, 1.807) is 0 Å². The summed E-state index contributed by atoms with van der Waals surface area (Å²) in [5.41, 5.74) is 7.74. The summed E-state index contributed by atoms with van der Waals surface area (Å²) in [6.45, 7) is 2.84. The van der Waals surface area contributed by atoms with Crippen LogP contribution in [0.3, 0.4) is 0 Å². The normalized spacial score (nSPS) is 14.6. The van der Waals surface area contributed by atoms with E-state index in [2.05, 4.69) is 25.5 Å². The zero-order valence-corrected chi connectivity index (χ0v) is 11.4. The number of nitrogens with one attached hydrogen (secondary N) is 2. The number of aromatic amines is 1. The highest BCUT2D eigenvalue weighted by atomic mass is 16.3. The van der Waals surface area contributed by atoms with E-state index in [4.69, 9.17) is 5.73 Å². The molecule has 2 rings (SSSR count). The molecule has 0 aliphatic heterocycles. The summed E-state index contributed by atoms with van der Waals surface area (Å²) in [6.07, 6.45) is 1.50. The van der Waals surface area contributed by atoms with Crippen LogP contribution in [0.5, 0.6) is 0 Å². The van der Waals surface area contributed by atoms with E-state index in [0.29, 0.717) is 36.4 Å². The third-order valence-electron chi connectivity index (χ3n) is 3.34. The number of hydrogen-bond acceptors (Lipinski definition) is 7. The first-order chi connectivity index (χ1) is 9.67. The van der Waals surface area contributed by atoms with Gasteiger partial charge in [-0.25, -0.2) is 9.97 Å². The zero-order valence-electron chi connectivity index (χ0n) is 11.4. The smallest absolute Gasteiger partial charge is 0.155 e. The van der Waals surface area contributed by atoms with E-state index in [9.17, 15) is 10.2 Å². The Labute approximate surface area is 116 Å². The Bertz CT molecular complexity index is 558. The molecule has 0 aromatic carbocycles. The topological polar surface area (TPSA) is 133 Å². The maximum absolute atomic E-state index is 9.73. The van der Waals surface area contributed by atoms with Gasteiger partial charge in [-0.3, -0.25) is 5.10 Å². The van der Waals surface area contributed by atoms with Crippen LogP contribution in [0.4, 0.5) is 5.82 Å². The van der Waals surface area contributed by atoms with Gasteiger partial charge in [-0.05, 0) is 6.42 Å². The molecule has 0 amide bonds. The molecule has 2 atom stereocenters. The average molecular weight is 280 g/mol. The molecule has 0 saturated carbocycles. The molecule has 0 aliphatic rings. The highest BCUT2D eigenvalue weighted by molar-refractivity contribution is 5.85. The number of aliphatic hydroxyl groups excluding tert-OH is 2. The van der Waals surface area contributed by atoms with Gasteiger partial charge in [-0.2, -0.15) is 5.10 Å². The summed E-state index contributed by atoms with van der Waals surface area (Å²) in [6, 6.07) is 0. The minimum absolute atomic E-state index is 0.0547. The Morgan fingerprint density at radius 2 is 2.20 bits per heavy atom. The van der Waals surface area contributed by atoms with Gasteiger partial charge in [0.25, 0.3) is 0 Å². The molecular weight excluding hydrogens is 260 g/mol. The van der Waals surface area contributed by atoms with Gasteiger partial charge in [0.05, 0.1) is 11.8 Å². The van der Waals surface area contributed by atoms with Gasteiger partial charge in [-0.1, -0.05) is 6.92 Å². The summed E-state index contributed by atoms with van der Waals surface area (Å²) in [5, 5.41) is 29.1. The second-order valence-corrected chi connectivity index (χ2v) is 4.71. The fourth-order valence-electron chi connectivity index (χ4n) is 2.06. The van der Waals surface area contributed by atoms with Crippen LogP contribution >= 0.6 is 0 Å². The summed E-state index contributed by atoms with van der Waals surface area (Å²) >= 11 is 0.